The maximum Gasteiger partial charge on any atom is 0.340 e. The first-order chi connectivity index (χ1) is 61.8. The van der Waals surface area contributed by atoms with Gasteiger partial charge in [0, 0.05) is 29.8 Å². The fourth-order valence-electron chi connectivity index (χ4n) is 13.4. The Morgan fingerprint density at radius 3 is 0.875 bits per heavy atom. The molecule has 3 aliphatic rings. The van der Waals surface area contributed by atoms with Gasteiger partial charge in [0.1, 0.15) is 59.9 Å². The van der Waals surface area contributed by atoms with Gasteiger partial charge in [-0.2, -0.15) is 0 Å². The van der Waals surface area contributed by atoms with E-state index in [1.54, 1.807) is 6.92 Å². The summed E-state index contributed by atoms with van der Waals surface area (Å²) in [6.07, 6.45) is -3.13. The summed E-state index contributed by atoms with van der Waals surface area (Å²) in [4.78, 5) is 43.9. The van der Waals surface area contributed by atoms with Gasteiger partial charge in [0.25, 0.3) is 16.6 Å². The summed E-state index contributed by atoms with van der Waals surface area (Å²) in [5, 5.41) is 31.2. The first kappa shape index (κ1) is 103. The van der Waals surface area contributed by atoms with Gasteiger partial charge in [0.15, 0.2) is 6.29 Å². The van der Waals surface area contributed by atoms with Crippen molar-refractivity contribution in [1.82, 2.24) is 6.15 Å². The van der Waals surface area contributed by atoms with Crippen molar-refractivity contribution >= 4 is 73.3 Å². The van der Waals surface area contributed by atoms with Crippen LogP contribution in [0.5, 0.6) is 0 Å². The molecule has 0 amide bonds. The van der Waals surface area contributed by atoms with Crippen LogP contribution in [0.1, 0.15) is 98.5 Å². The Labute approximate surface area is 771 Å². The van der Waals surface area contributed by atoms with Gasteiger partial charge in [-0.25, -0.2) is 4.79 Å². The standard InChI is InChI=1S/C34H33NO8.C27H29BrO4.C27H30O5.C7H4ClNO3.C5H4.CH2Cl2.H3N/c1-24-30(39-21-25-11-5-2-6-12-25)31(40-22-26-13-7-3-8-14-26)32(41-23-27-15-9-4-10-16-27)34(42-24)43-33(36)28-17-19-29(20-18-28)35(37)38;2*1-20-24(29-17-21-11-5-2-6-12-21)25(30-18-22-13-7-3-8-14-22)26(27(28)32-20)31-19-23-15-9-4-10-16-23;8-7(10)5-1-3-6(4-2-5)9(11)12;1-3-5-4-2;2-1-3;/h2-20,24,30-32,34H,21-23H2,1H3;2-16,20,24-27H,17-19H2,1H3;2-16,20,24-28H,17-19H2,1H3;1-4H;1H,2H3;1H2;1H3. The number of alkyl halides is 3. The van der Waals surface area contributed by atoms with E-state index in [1.807, 2.05) is 257 Å². The van der Waals surface area contributed by atoms with Crippen LogP contribution in [0.15, 0.2) is 322 Å². The lowest BCUT2D eigenvalue weighted by Crippen LogP contribution is -2.60. The summed E-state index contributed by atoms with van der Waals surface area (Å²) in [5.41, 5.74) is 9.54. The molecule has 15 unspecified atom stereocenters. The van der Waals surface area contributed by atoms with Gasteiger partial charge in [0.05, 0.1) is 98.5 Å². The molecule has 3 saturated heterocycles. The summed E-state index contributed by atoms with van der Waals surface area (Å²) < 4.78 is 81.2. The minimum Gasteiger partial charge on any atom is -0.429 e. The second-order valence-electron chi connectivity index (χ2n) is 28.9. The average molecular weight is 1870 g/mol. The molecule has 0 aromatic heterocycles. The zero-order valence-corrected chi connectivity index (χ0v) is 75.1. The van der Waals surface area contributed by atoms with Crippen LogP contribution in [-0.2, 0) is 121 Å². The van der Waals surface area contributed by atoms with Crippen molar-refractivity contribution in [3.05, 3.63) is 403 Å². The van der Waals surface area contributed by atoms with Crippen molar-refractivity contribution in [1.29, 1.82) is 0 Å². The lowest BCUT2D eigenvalue weighted by Gasteiger charge is -2.44. The number of ether oxygens (including phenoxy) is 13. The summed E-state index contributed by atoms with van der Waals surface area (Å²) >= 11 is 18.3. The number of nitrogens with zero attached hydrogens (tertiary/aromatic N) is 2. The molecule has 0 saturated carbocycles. The van der Waals surface area contributed by atoms with Crippen molar-refractivity contribution in [2.24, 2.45) is 0 Å². The average Bonchev–Trinajstić information content (AvgIpc) is 0.793. The number of terminal acetylenes is 1. The van der Waals surface area contributed by atoms with Crippen LogP contribution in [0.4, 0.5) is 11.4 Å². The second-order valence-corrected chi connectivity index (χ2v) is 30.9. The highest BCUT2D eigenvalue weighted by molar-refractivity contribution is 9.09. The largest absolute Gasteiger partial charge is 0.429 e. The number of benzene rings is 11. The van der Waals surface area contributed by atoms with Gasteiger partial charge < -0.3 is 72.8 Å². The van der Waals surface area contributed by atoms with E-state index in [-0.39, 0.29) is 82.7 Å². The van der Waals surface area contributed by atoms with Gasteiger partial charge in [-0.1, -0.05) is 295 Å². The van der Waals surface area contributed by atoms with E-state index >= 15 is 0 Å². The number of non-ortho nitro benzene ring substituents is 2. The number of aliphatic hydroxyl groups is 1. The highest BCUT2D eigenvalue weighted by atomic mass is 79.9. The Hall–Kier alpha value is -10.7. The van der Waals surface area contributed by atoms with Crippen LogP contribution >= 0.6 is 50.7 Å². The number of esters is 1. The molecule has 23 nitrogen and oxygen atoms in total. The normalized spacial score (nSPS) is 21.2. The SMILES string of the molecule is C#CC#CC.CC1OC(Br)C(OCc2ccccc2)C(OCc2ccccc2)C1OCc1ccccc1.CC1OC(O)C(OCc2ccccc2)C(OCc2ccccc2)C1OCc1ccccc1.CC1OC(OC(=O)c2ccc([N+](=O)[O-])cc2)C(OCc2ccccc2)C(OCc2ccccc2)C1OCc1ccccc1.ClCCl.N.O=C(Cl)c1ccc([N+](=O)[O-])cc1. The van der Waals surface area contributed by atoms with Gasteiger partial charge in [-0.05, 0) is 125 Å². The monoisotopic (exact) mass is 1860 g/mol. The quantitative estimate of drug-likeness (QED) is 0.00988. The van der Waals surface area contributed by atoms with Crippen LogP contribution in [-0.4, -0.2) is 122 Å². The smallest absolute Gasteiger partial charge is 0.340 e. The lowest BCUT2D eigenvalue weighted by molar-refractivity contribution is -0.385. The Morgan fingerprint density at radius 1 is 0.375 bits per heavy atom. The molecule has 0 aliphatic carbocycles. The molecule has 3 fully saturated rings. The van der Waals surface area contributed by atoms with Crippen molar-refractivity contribution in [3.63, 3.8) is 0 Å². The molecule has 3 heterocycles. The molecule has 11 aromatic rings. The van der Waals surface area contributed by atoms with Crippen LogP contribution in [0.25, 0.3) is 0 Å². The molecule has 0 radical (unpaired) electrons. The number of nitro groups is 2. The number of hydrogen-bond donors (Lipinski definition) is 2. The molecule has 27 heteroatoms. The van der Waals surface area contributed by atoms with E-state index in [4.69, 9.17) is 103 Å². The number of carbonyl (C=O) groups excluding carboxylic acids is 2. The highest BCUT2D eigenvalue weighted by Gasteiger charge is 2.50. The number of carbonyl (C=O) groups is 2. The van der Waals surface area contributed by atoms with Crippen molar-refractivity contribution < 1.29 is 86.1 Å². The minimum absolute atomic E-state index is 0. The third-order valence-electron chi connectivity index (χ3n) is 19.8. The van der Waals surface area contributed by atoms with Gasteiger partial charge in [0.2, 0.25) is 6.29 Å². The molecular formula is C101H105BrCl3N3O20. The summed E-state index contributed by atoms with van der Waals surface area (Å²) in [5.74, 6) is 6.37. The topological polar surface area (TPSA) is 296 Å². The predicted octanol–water partition coefficient (Wildman–Crippen LogP) is 20.8. The number of nitro benzene ring substituents is 2. The first-order valence-corrected chi connectivity index (χ1v) is 43.3. The molecule has 4 N–H and O–H groups in total. The van der Waals surface area contributed by atoms with Crippen molar-refractivity contribution in [3.8, 4) is 24.2 Å². The molecule has 11 aromatic carbocycles. The summed E-state index contributed by atoms with van der Waals surface area (Å²) in [7, 11) is 0. The molecule has 0 spiro atoms. The molecule has 14 rings (SSSR count). The molecule has 672 valence electrons. The highest BCUT2D eigenvalue weighted by Crippen LogP contribution is 2.36. The summed E-state index contributed by atoms with van der Waals surface area (Å²) in [6.45, 7) is 10.9. The third kappa shape index (κ3) is 34.7. The second kappa shape index (κ2) is 57.3. The van der Waals surface area contributed by atoms with E-state index in [0.29, 0.717) is 46.2 Å². The first-order valence-electron chi connectivity index (χ1n) is 40.9. The zero-order chi connectivity index (χ0) is 90.3. The van der Waals surface area contributed by atoms with Crippen LogP contribution < -0.4 is 6.15 Å². The number of rotatable bonds is 32. The molecule has 0 bridgehead atoms. The number of halogens is 4. The number of hydrogen-bond acceptors (Lipinski definition) is 21. The Balaban J connectivity index is 0.000000215. The zero-order valence-electron chi connectivity index (χ0n) is 71.2. The Bertz CT molecular complexity index is 4770. The fourth-order valence-corrected chi connectivity index (χ4v) is 14.3. The molecule has 128 heavy (non-hydrogen) atoms. The molecule has 15 atom stereocenters. The summed E-state index contributed by atoms with van der Waals surface area (Å²) in [6, 6.07) is 99.7. The molecular weight excluding hydrogens is 1760 g/mol. The van der Waals surface area contributed by atoms with E-state index < -0.39 is 76.4 Å². The minimum atomic E-state index is -1.14. The maximum atomic E-state index is 13.2. The van der Waals surface area contributed by atoms with Crippen molar-refractivity contribution in [2.45, 2.75) is 178 Å². The van der Waals surface area contributed by atoms with Gasteiger partial charge in [-0.3, -0.25) is 25.0 Å². The van der Waals surface area contributed by atoms with E-state index in [1.165, 1.54) is 48.5 Å². The van der Waals surface area contributed by atoms with E-state index in [9.17, 15) is 34.9 Å². The van der Waals surface area contributed by atoms with Crippen LogP contribution in [0.2, 0.25) is 0 Å². The van der Waals surface area contributed by atoms with E-state index in [2.05, 4.69) is 70.1 Å². The third-order valence-corrected chi connectivity index (χ3v) is 20.7. The van der Waals surface area contributed by atoms with Crippen LogP contribution in [0.3, 0.4) is 0 Å². The van der Waals surface area contributed by atoms with Gasteiger partial charge >= 0.3 is 5.97 Å². The van der Waals surface area contributed by atoms with Crippen LogP contribution in [0, 0.1) is 44.4 Å². The predicted molar refractivity (Wildman–Crippen MR) is 495 cm³/mol. The molecule has 3 aliphatic heterocycles. The lowest BCUT2D eigenvalue weighted by atomic mass is 9.98. The number of aliphatic hydroxyl groups excluding tert-OH is 1. The fraction of sp³-hybridized carbons (Fsp3) is 0.287. The van der Waals surface area contributed by atoms with E-state index in [0.717, 1.165) is 50.1 Å². The van der Waals surface area contributed by atoms with Gasteiger partial charge in [-0.15, -0.1) is 29.6 Å². The maximum absolute atomic E-state index is 13.2. The van der Waals surface area contributed by atoms with Crippen molar-refractivity contribution in [2.75, 3.05) is 5.34 Å². The Kier molecular flexibility index (Phi) is 45.9. The Morgan fingerprint density at radius 2 is 0.609 bits per heavy atom.